The van der Waals surface area contributed by atoms with Crippen molar-refractivity contribution >= 4 is 11.3 Å². The molecule has 3 atom stereocenters. The van der Waals surface area contributed by atoms with Gasteiger partial charge in [0.1, 0.15) is 18.3 Å². The average molecular weight is 211 g/mol. The molecule has 3 unspecified atom stereocenters. The predicted octanol–water partition coefficient (Wildman–Crippen LogP) is -0.385. The minimum absolute atomic E-state index is 0.137. The zero-order valence-electron chi connectivity index (χ0n) is 7.25. The van der Waals surface area contributed by atoms with Gasteiger partial charge in [0, 0.05) is 11.6 Å². The van der Waals surface area contributed by atoms with E-state index < -0.39 is 18.3 Å². The summed E-state index contributed by atoms with van der Waals surface area (Å²) >= 11 is 1.42. The Morgan fingerprint density at radius 2 is 2.43 bits per heavy atom. The minimum Gasteiger partial charge on any atom is -0.388 e. The molecule has 0 aliphatic carbocycles. The molecule has 1 fully saturated rings. The fourth-order valence-electron chi connectivity index (χ4n) is 1.15. The summed E-state index contributed by atoms with van der Waals surface area (Å²) in [6, 6.07) is 0. The molecule has 0 bridgehead atoms. The first kappa shape index (κ1) is 9.62. The van der Waals surface area contributed by atoms with Gasteiger partial charge in [-0.25, -0.2) is 4.98 Å². The molecule has 0 spiro atoms. The third kappa shape index (κ3) is 1.94. The first-order chi connectivity index (χ1) is 6.77. The molecule has 0 amide bonds. The first-order valence-corrected chi connectivity index (χ1v) is 5.04. The predicted molar refractivity (Wildman–Crippen MR) is 50.7 cm³/mol. The maximum Gasteiger partial charge on any atom is 0.166 e. The maximum absolute atomic E-state index is 9.39. The Balaban J connectivity index is 2.04. The third-order valence-electron chi connectivity index (χ3n) is 1.90. The molecule has 0 saturated carbocycles. The van der Waals surface area contributed by atoms with E-state index in [4.69, 9.17) is 9.84 Å². The second-order valence-corrected chi connectivity index (χ2v) is 3.81. The van der Waals surface area contributed by atoms with Crippen molar-refractivity contribution < 1.29 is 14.9 Å². The molecule has 74 valence electrons. The van der Waals surface area contributed by atoms with Gasteiger partial charge in [0.15, 0.2) is 5.01 Å². The molecule has 1 saturated heterocycles. The lowest BCUT2D eigenvalue weighted by Gasteiger charge is -2.07. The molecule has 5 heteroatoms. The van der Waals surface area contributed by atoms with Crippen LogP contribution < -0.4 is 0 Å². The van der Waals surface area contributed by atoms with Crippen molar-refractivity contribution in [3.05, 3.63) is 16.6 Å². The summed E-state index contributed by atoms with van der Waals surface area (Å²) in [5.41, 5.74) is 0. The van der Waals surface area contributed by atoms with Gasteiger partial charge in [0.05, 0.1) is 6.61 Å². The fourth-order valence-corrected chi connectivity index (χ4v) is 1.64. The molecule has 1 aromatic rings. The Bertz CT molecular complexity index is 354. The summed E-state index contributed by atoms with van der Waals surface area (Å²) in [4.78, 5) is 3.97. The Hall–Kier alpha value is -0.930. The minimum atomic E-state index is -0.914. The van der Waals surface area contributed by atoms with Crippen LogP contribution >= 0.6 is 11.3 Å². The second kappa shape index (κ2) is 4.07. The molecular formula is C9H9NO3S. The number of ether oxygens (including phenoxy) is 1. The lowest BCUT2D eigenvalue weighted by atomic mass is 10.1. The van der Waals surface area contributed by atoms with E-state index >= 15 is 0 Å². The lowest BCUT2D eigenvalue weighted by Crippen LogP contribution is -2.28. The summed E-state index contributed by atoms with van der Waals surface area (Å²) in [5, 5.41) is 21.1. The van der Waals surface area contributed by atoms with Gasteiger partial charge in [0.2, 0.25) is 0 Å². The molecule has 1 aromatic heterocycles. The Morgan fingerprint density at radius 3 is 3.00 bits per heavy atom. The zero-order valence-corrected chi connectivity index (χ0v) is 8.07. The Kier molecular flexibility index (Phi) is 2.79. The number of hydrogen-bond donors (Lipinski definition) is 2. The largest absolute Gasteiger partial charge is 0.388 e. The van der Waals surface area contributed by atoms with Gasteiger partial charge in [-0.3, -0.25) is 0 Å². The molecule has 1 aliphatic heterocycles. The van der Waals surface area contributed by atoms with Crippen LogP contribution in [0.15, 0.2) is 11.6 Å². The van der Waals surface area contributed by atoms with Crippen molar-refractivity contribution in [1.29, 1.82) is 0 Å². The van der Waals surface area contributed by atoms with Crippen molar-refractivity contribution in [3.8, 4) is 11.8 Å². The molecule has 2 rings (SSSR count). The molecule has 1 aliphatic rings. The van der Waals surface area contributed by atoms with E-state index in [0.717, 1.165) is 0 Å². The topological polar surface area (TPSA) is 62.6 Å². The van der Waals surface area contributed by atoms with Gasteiger partial charge in [-0.15, -0.1) is 11.3 Å². The molecule has 14 heavy (non-hydrogen) atoms. The van der Waals surface area contributed by atoms with E-state index in [9.17, 15) is 5.11 Å². The Labute approximate surface area is 85.2 Å². The van der Waals surface area contributed by atoms with E-state index in [1.54, 1.807) is 6.20 Å². The normalized spacial score (nSPS) is 31.1. The number of nitrogens with zero attached hydrogens (tertiary/aromatic N) is 1. The molecular weight excluding hydrogens is 202 g/mol. The highest BCUT2D eigenvalue weighted by Gasteiger charge is 2.33. The maximum atomic E-state index is 9.39. The highest BCUT2D eigenvalue weighted by atomic mass is 32.1. The fraction of sp³-hybridized carbons (Fsp3) is 0.444. The molecule has 2 heterocycles. The standard InChI is InChI=1S/C9H9NO3S/c11-6-5-13-7(9(6)12)1-2-8-10-3-4-14-8/h3-4,6-7,9,11-12H,5H2. The second-order valence-electron chi connectivity index (χ2n) is 2.92. The van der Waals surface area contributed by atoms with Crippen LogP contribution in [0, 0.1) is 11.8 Å². The first-order valence-electron chi connectivity index (χ1n) is 4.16. The van der Waals surface area contributed by atoms with E-state index in [-0.39, 0.29) is 6.61 Å². The summed E-state index contributed by atoms with van der Waals surface area (Å²) in [6.45, 7) is 0.137. The van der Waals surface area contributed by atoms with Crippen molar-refractivity contribution in [3.63, 3.8) is 0 Å². The highest BCUT2D eigenvalue weighted by Crippen LogP contribution is 2.13. The van der Waals surface area contributed by atoms with Gasteiger partial charge >= 0.3 is 0 Å². The van der Waals surface area contributed by atoms with Crippen LogP contribution in [0.3, 0.4) is 0 Å². The number of aliphatic hydroxyl groups excluding tert-OH is 2. The van der Waals surface area contributed by atoms with Crippen LogP contribution in [0.4, 0.5) is 0 Å². The lowest BCUT2D eigenvalue weighted by molar-refractivity contribution is 0.0447. The van der Waals surface area contributed by atoms with Gasteiger partial charge in [-0.2, -0.15) is 0 Å². The smallest absolute Gasteiger partial charge is 0.166 e. The summed E-state index contributed by atoms with van der Waals surface area (Å²) < 4.78 is 5.08. The van der Waals surface area contributed by atoms with Crippen molar-refractivity contribution in [2.75, 3.05) is 6.61 Å². The number of hydrogen-bond acceptors (Lipinski definition) is 5. The quantitative estimate of drug-likeness (QED) is 0.574. The summed E-state index contributed by atoms with van der Waals surface area (Å²) in [7, 11) is 0. The molecule has 2 N–H and O–H groups in total. The van der Waals surface area contributed by atoms with E-state index in [1.807, 2.05) is 5.38 Å². The van der Waals surface area contributed by atoms with E-state index in [1.165, 1.54) is 11.3 Å². The van der Waals surface area contributed by atoms with E-state index in [2.05, 4.69) is 16.8 Å². The van der Waals surface area contributed by atoms with Gasteiger partial charge in [-0.1, -0.05) is 5.92 Å². The monoisotopic (exact) mass is 211 g/mol. The Morgan fingerprint density at radius 1 is 1.57 bits per heavy atom. The van der Waals surface area contributed by atoms with Crippen LogP contribution in [-0.4, -0.2) is 40.1 Å². The number of aliphatic hydroxyl groups is 2. The molecule has 0 radical (unpaired) electrons. The SMILES string of the molecule is OC1COC(C#Cc2nccs2)C1O. The van der Waals surface area contributed by atoms with Gasteiger partial charge in [0.25, 0.3) is 0 Å². The van der Waals surface area contributed by atoms with Crippen molar-refractivity contribution in [1.82, 2.24) is 4.98 Å². The molecule has 4 nitrogen and oxygen atoms in total. The van der Waals surface area contributed by atoms with Crippen molar-refractivity contribution in [2.45, 2.75) is 18.3 Å². The van der Waals surface area contributed by atoms with E-state index in [0.29, 0.717) is 5.01 Å². The molecule has 0 aromatic carbocycles. The van der Waals surface area contributed by atoms with Crippen LogP contribution in [-0.2, 0) is 4.74 Å². The average Bonchev–Trinajstić information content (AvgIpc) is 2.77. The van der Waals surface area contributed by atoms with Crippen LogP contribution in [0.1, 0.15) is 5.01 Å². The van der Waals surface area contributed by atoms with Gasteiger partial charge < -0.3 is 14.9 Å². The van der Waals surface area contributed by atoms with Gasteiger partial charge in [-0.05, 0) is 5.92 Å². The van der Waals surface area contributed by atoms with Crippen LogP contribution in [0.5, 0.6) is 0 Å². The van der Waals surface area contributed by atoms with Crippen LogP contribution in [0.2, 0.25) is 0 Å². The number of rotatable bonds is 0. The number of aromatic nitrogens is 1. The highest BCUT2D eigenvalue weighted by molar-refractivity contribution is 7.10. The van der Waals surface area contributed by atoms with Crippen LogP contribution in [0.25, 0.3) is 0 Å². The summed E-state index contributed by atoms with van der Waals surface area (Å²) in [5.74, 6) is 5.51. The zero-order chi connectivity index (χ0) is 9.97. The number of thiazole rings is 1. The third-order valence-corrected chi connectivity index (χ3v) is 2.59. The summed E-state index contributed by atoms with van der Waals surface area (Å²) in [6.07, 6.45) is -0.683. The van der Waals surface area contributed by atoms with Crippen molar-refractivity contribution in [2.24, 2.45) is 0 Å².